The van der Waals surface area contributed by atoms with Crippen LogP contribution in [0.2, 0.25) is 0 Å². The minimum Gasteiger partial charge on any atom is -0.219 e. The quantitative estimate of drug-likeness (QED) is 0.711. The predicted octanol–water partition coefficient (Wildman–Crippen LogP) is 3.11. The van der Waals surface area contributed by atoms with Crippen LogP contribution in [0.1, 0.15) is 5.56 Å². The number of benzene rings is 2. The summed E-state index contributed by atoms with van der Waals surface area (Å²) < 4.78 is 24.1. The zero-order valence-corrected chi connectivity index (χ0v) is 9.81. The van der Waals surface area contributed by atoms with Gasteiger partial charge in [-0.3, -0.25) is 0 Å². The molecule has 2 aromatic rings. The zero-order valence-electron chi connectivity index (χ0n) is 9.00. The van der Waals surface area contributed by atoms with Crippen molar-refractivity contribution in [1.29, 1.82) is 0 Å². The Morgan fingerprint density at radius 2 is 1.41 bits per heavy atom. The summed E-state index contributed by atoms with van der Waals surface area (Å²) in [6, 6.07) is 14.8. The second-order valence-electron chi connectivity index (χ2n) is 3.93. The minimum absolute atomic E-state index is 0.376. The smallest absolute Gasteiger partial charge is 0.200 e. The highest BCUT2D eigenvalue weighted by atomic mass is 32.2. The summed E-state index contributed by atoms with van der Waals surface area (Å²) in [5, 5.41) is 1.28. The van der Waals surface area contributed by atoms with Gasteiger partial charge >= 0.3 is 0 Å². The molecule has 0 N–H and O–H groups in total. The zero-order chi connectivity index (χ0) is 11.9. The molecule has 1 aliphatic heterocycles. The molecular weight excluding hydrogens is 232 g/mol. The van der Waals surface area contributed by atoms with E-state index in [9.17, 15) is 8.42 Å². The molecule has 2 nitrogen and oxygen atoms in total. The molecule has 0 aromatic heterocycles. The van der Waals surface area contributed by atoms with E-state index >= 15 is 0 Å². The van der Waals surface area contributed by atoms with Gasteiger partial charge in [-0.1, -0.05) is 42.5 Å². The summed E-state index contributed by atoms with van der Waals surface area (Å²) in [5.74, 6) is 0. The maximum absolute atomic E-state index is 12.1. The molecule has 1 aliphatic rings. The number of hydrogen-bond donors (Lipinski definition) is 0. The molecule has 0 saturated carbocycles. The highest BCUT2D eigenvalue weighted by molar-refractivity contribution is 7.94. The van der Waals surface area contributed by atoms with E-state index in [2.05, 4.69) is 0 Å². The lowest BCUT2D eigenvalue weighted by molar-refractivity contribution is 0.605. The minimum atomic E-state index is -3.33. The Balaban J connectivity index is 2.47. The third-order valence-corrected chi connectivity index (χ3v) is 4.33. The Morgan fingerprint density at radius 3 is 2.24 bits per heavy atom. The summed E-state index contributed by atoms with van der Waals surface area (Å²) >= 11 is 0. The Hall–Kier alpha value is -1.87. The van der Waals surface area contributed by atoms with Gasteiger partial charge in [0.25, 0.3) is 0 Å². The van der Waals surface area contributed by atoms with Crippen molar-refractivity contribution in [1.82, 2.24) is 0 Å². The van der Waals surface area contributed by atoms with Crippen molar-refractivity contribution in [3.05, 3.63) is 59.5 Å². The van der Waals surface area contributed by atoms with Crippen molar-refractivity contribution >= 4 is 15.9 Å². The van der Waals surface area contributed by atoms with E-state index in [1.165, 1.54) is 5.41 Å². The van der Waals surface area contributed by atoms with Gasteiger partial charge in [0.1, 0.15) is 0 Å². The Morgan fingerprint density at radius 1 is 0.765 bits per heavy atom. The summed E-state index contributed by atoms with van der Waals surface area (Å²) in [5.41, 5.74) is 2.66. The second-order valence-corrected chi connectivity index (χ2v) is 5.73. The van der Waals surface area contributed by atoms with E-state index < -0.39 is 9.84 Å². The average Bonchev–Trinajstić information content (AvgIpc) is 2.47. The van der Waals surface area contributed by atoms with Crippen molar-refractivity contribution in [2.45, 2.75) is 4.90 Å². The molecular formula is C14H10O2S. The molecule has 0 spiro atoms. The van der Waals surface area contributed by atoms with E-state index in [0.29, 0.717) is 4.90 Å². The standard InChI is InChI=1S/C14H10O2S/c15-17(16)10-9-11-5-1-2-6-12(11)13-7-3-4-8-14(13)17/h1-10H. The maximum Gasteiger partial charge on any atom is 0.200 e. The number of sulfone groups is 1. The SMILES string of the molecule is O=S1(=O)C=Cc2ccccc2-c2ccccc21. The van der Waals surface area contributed by atoms with E-state index in [4.69, 9.17) is 0 Å². The first kappa shape index (κ1) is 10.3. The first-order valence-corrected chi connectivity index (χ1v) is 6.85. The normalized spacial score (nSPS) is 15.8. The van der Waals surface area contributed by atoms with Crippen molar-refractivity contribution < 1.29 is 8.42 Å². The van der Waals surface area contributed by atoms with Gasteiger partial charge in [0.15, 0.2) is 9.84 Å². The largest absolute Gasteiger partial charge is 0.219 e. The van der Waals surface area contributed by atoms with Crippen molar-refractivity contribution in [2.75, 3.05) is 0 Å². The van der Waals surface area contributed by atoms with Gasteiger partial charge in [-0.2, -0.15) is 0 Å². The van der Waals surface area contributed by atoms with Crippen LogP contribution in [0, 0.1) is 0 Å². The van der Waals surface area contributed by atoms with Gasteiger partial charge < -0.3 is 0 Å². The van der Waals surface area contributed by atoms with E-state index in [-0.39, 0.29) is 0 Å². The fourth-order valence-corrected chi connectivity index (χ4v) is 3.29. The molecule has 1 heterocycles. The number of fused-ring (bicyclic) bond motifs is 3. The predicted molar refractivity (Wildman–Crippen MR) is 68.1 cm³/mol. The Bertz CT molecular complexity index is 713. The van der Waals surface area contributed by atoms with Gasteiger partial charge in [-0.15, -0.1) is 0 Å². The molecule has 0 fully saturated rings. The average molecular weight is 242 g/mol. The molecule has 3 heteroatoms. The number of hydrogen-bond acceptors (Lipinski definition) is 2. The van der Waals surface area contributed by atoms with Crippen molar-refractivity contribution in [3.8, 4) is 11.1 Å². The first-order chi connectivity index (χ1) is 8.18. The second kappa shape index (κ2) is 3.57. The number of rotatable bonds is 0. The van der Waals surface area contributed by atoms with Crippen LogP contribution in [0.15, 0.2) is 58.8 Å². The fraction of sp³-hybridized carbons (Fsp3) is 0. The van der Waals surface area contributed by atoms with E-state index in [1.54, 1.807) is 18.2 Å². The van der Waals surface area contributed by atoms with Crippen LogP contribution in [0.5, 0.6) is 0 Å². The summed E-state index contributed by atoms with van der Waals surface area (Å²) in [4.78, 5) is 0.376. The summed E-state index contributed by atoms with van der Waals surface area (Å²) in [6.45, 7) is 0. The molecule has 84 valence electrons. The molecule has 0 unspecified atom stereocenters. The van der Waals surface area contributed by atoms with Crippen LogP contribution in [0.25, 0.3) is 17.2 Å². The lowest BCUT2D eigenvalue weighted by Crippen LogP contribution is -1.96. The molecule has 0 radical (unpaired) electrons. The van der Waals surface area contributed by atoms with Gasteiger partial charge in [0, 0.05) is 11.0 Å². The molecule has 2 aromatic carbocycles. The molecule has 0 aliphatic carbocycles. The Kier molecular flexibility index (Phi) is 2.16. The van der Waals surface area contributed by atoms with Crippen molar-refractivity contribution in [3.63, 3.8) is 0 Å². The molecule has 0 atom stereocenters. The van der Waals surface area contributed by atoms with Gasteiger partial charge in [-0.25, -0.2) is 8.42 Å². The fourth-order valence-electron chi connectivity index (χ4n) is 2.06. The lowest BCUT2D eigenvalue weighted by Gasteiger charge is -2.07. The summed E-state index contributed by atoms with van der Waals surface area (Å²) in [6.07, 6.45) is 1.66. The molecule has 0 bridgehead atoms. The Labute approximate surface area is 100 Å². The highest BCUT2D eigenvalue weighted by Crippen LogP contribution is 2.34. The van der Waals surface area contributed by atoms with Crippen LogP contribution >= 0.6 is 0 Å². The maximum atomic E-state index is 12.1. The van der Waals surface area contributed by atoms with Crippen LogP contribution in [-0.2, 0) is 9.84 Å². The van der Waals surface area contributed by atoms with E-state index in [1.807, 2.05) is 36.4 Å². The van der Waals surface area contributed by atoms with Crippen LogP contribution in [0.4, 0.5) is 0 Å². The highest BCUT2D eigenvalue weighted by Gasteiger charge is 2.20. The van der Waals surface area contributed by atoms with Gasteiger partial charge in [0.05, 0.1) is 4.90 Å². The molecule has 0 saturated heterocycles. The van der Waals surface area contributed by atoms with Gasteiger partial charge in [-0.05, 0) is 23.3 Å². The van der Waals surface area contributed by atoms with Crippen LogP contribution < -0.4 is 0 Å². The molecule has 17 heavy (non-hydrogen) atoms. The third-order valence-electron chi connectivity index (χ3n) is 2.87. The van der Waals surface area contributed by atoms with Crippen LogP contribution in [-0.4, -0.2) is 8.42 Å². The van der Waals surface area contributed by atoms with E-state index in [0.717, 1.165) is 16.7 Å². The third kappa shape index (κ3) is 1.59. The monoisotopic (exact) mass is 242 g/mol. The molecule has 3 rings (SSSR count). The van der Waals surface area contributed by atoms with Crippen molar-refractivity contribution in [2.24, 2.45) is 0 Å². The first-order valence-electron chi connectivity index (χ1n) is 5.30. The topological polar surface area (TPSA) is 34.1 Å². The van der Waals surface area contributed by atoms with Crippen LogP contribution in [0.3, 0.4) is 0 Å². The summed E-state index contributed by atoms with van der Waals surface area (Å²) in [7, 11) is -3.33. The van der Waals surface area contributed by atoms with Gasteiger partial charge in [0.2, 0.25) is 0 Å². The lowest BCUT2D eigenvalue weighted by atomic mass is 10.00. The molecule has 0 amide bonds.